The Morgan fingerprint density at radius 1 is 1.30 bits per heavy atom. The summed E-state index contributed by atoms with van der Waals surface area (Å²) in [6.45, 7) is 7.37. The molecule has 2 aromatic heterocycles. The van der Waals surface area contributed by atoms with Gasteiger partial charge in [-0.2, -0.15) is 10.1 Å². The highest BCUT2D eigenvalue weighted by molar-refractivity contribution is 5.90. The molecule has 0 aliphatic rings. The van der Waals surface area contributed by atoms with Gasteiger partial charge in [-0.05, 0) is 45.0 Å². The molecular weight excluding hydrogens is 346 g/mol. The van der Waals surface area contributed by atoms with Crippen LogP contribution in [0.4, 0.5) is 11.4 Å². The van der Waals surface area contributed by atoms with Crippen LogP contribution in [0.5, 0.6) is 0 Å². The van der Waals surface area contributed by atoms with Gasteiger partial charge in [-0.25, -0.2) is 4.98 Å². The summed E-state index contributed by atoms with van der Waals surface area (Å²) in [6, 6.07) is 8.27. The molecule has 0 radical (unpaired) electrons. The fourth-order valence-electron chi connectivity index (χ4n) is 2.79. The van der Waals surface area contributed by atoms with E-state index >= 15 is 0 Å². The zero-order valence-corrected chi connectivity index (χ0v) is 15.6. The van der Waals surface area contributed by atoms with Crippen molar-refractivity contribution in [3.63, 3.8) is 0 Å². The van der Waals surface area contributed by atoms with Crippen molar-refractivity contribution in [3.05, 3.63) is 36.5 Å². The molecule has 1 aromatic carbocycles. The van der Waals surface area contributed by atoms with E-state index in [0.717, 1.165) is 17.9 Å². The topological polar surface area (TPSA) is 113 Å². The van der Waals surface area contributed by atoms with Crippen molar-refractivity contribution in [2.45, 2.75) is 39.7 Å². The number of amides is 1. The molecule has 0 aliphatic carbocycles. The predicted molar refractivity (Wildman–Crippen MR) is 101 cm³/mol. The van der Waals surface area contributed by atoms with Gasteiger partial charge in [0.2, 0.25) is 17.6 Å². The first kappa shape index (κ1) is 18.6. The molecule has 27 heavy (non-hydrogen) atoms. The lowest BCUT2D eigenvalue weighted by molar-refractivity contribution is -0.116. The molecule has 1 amide bonds. The van der Waals surface area contributed by atoms with Gasteiger partial charge in [-0.3, -0.25) is 9.89 Å². The third-order valence-electron chi connectivity index (χ3n) is 4.11. The van der Waals surface area contributed by atoms with Gasteiger partial charge in [-0.15, -0.1) is 0 Å². The first-order valence-electron chi connectivity index (χ1n) is 8.91. The van der Waals surface area contributed by atoms with Crippen molar-refractivity contribution < 1.29 is 9.32 Å². The lowest BCUT2D eigenvalue weighted by Gasteiger charge is -2.27. The molecule has 0 saturated carbocycles. The van der Waals surface area contributed by atoms with Crippen molar-refractivity contribution >= 4 is 17.3 Å². The molecule has 0 atom stereocenters. The summed E-state index contributed by atoms with van der Waals surface area (Å²) < 4.78 is 5.13. The predicted octanol–water partition coefficient (Wildman–Crippen LogP) is 2.66. The summed E-state index contributed by atoms with van der Waals surface area (Å²) in [5.41, 5.74) is 1.90. The number of hydrogen-bond donors (Lipinski definition) is 2. The number of nitrogens with zero attached hydrogens (tertiary/aromatic N) is 5. The Labute approximate surface area is 157 Å². The minimum atomic E-state index is -0.113. The summed E-state index contributed by atoms with van der Waals surface area (Å²) in [5, 5.41) is 13.1. The number of anilines is 2. The summed E-state index contributed by atoms with van der Waals surface area (Å²) >= 11 is 0. The lowest BCUT2D eigenvalue weighted by Crippen LogP contribution is -2.30. The second-order valence-corrected chi connectivity index (χ2v) is 6.32. The van der Waals surface area contributed by atoms with Crippen LogP contribution < -0.4 is 10.2 Å². The van der Waals surface area contributed by atoms with E-state index in [-0.39, 0.29) is 12.3 Å². The molecule has 0 unspecified atom stereocenters. The number of aromatic nitrogens is 5. The van der Waals surface area contributed by atoms with Crippen LogP contribution in [0.2, 0.25) is 0 Å². The number of carbonyl (C=O) groups excluding carboxylic acids is 1. The maximum atomic E-state index is 12.2. The average Bonchev–Trinajstić information content (AvgIpc) is 3.33. The molecule has 0 spiro atoms. The second-order valence-electron chi connectivity index (χ2n) is 6.32. The Kier molecular flexibility index (Phi) is 5.80. The van der Waals surface area contributed by atoms with Crippen LogP contribution >= 0.6 is 0 Å². The van der Waals surface area contributed by atoms with Crippen molar-refractivity contribution in [3.8, 4) is 11.6 Å². The lowest BCUT2D eigenvalue weighted by atomic mass is 10.2. The van der Waals surface area contributed by atoms with Crippen molar-refractivity contribution in [1.82, 2.24) is 25.3 Å². The minimum absolute atomic E-state index is 0.113. The van der Waals surface area contributed by atoms with E-state index in [9.17, 15) is 4.79 Å². The number of nitrogens with one attached hydrogen (secondary N) is 2. The molecule has 3 rings (SSSR count). The van der Waals surface area contributed by atoms with E-state index in [1.54, 1.807) is 0 Å². The van der Waals surface area contributed by atoms with E-state index in [4.69, 9.17) is 4.52 Å². The first-order valence-corrected chi connectivity index (χ1v) is 8.91. The molecule has 142 valence electrons. The molecule has 9 nitrogen and oxygen atoms in total. The highest BCUT2D eigenvalue weighted by atomic mass is 16.5. The van der Waals surface area contributed by atoms with Crippen LogP contribution in [0, 0.1) is 0 Å². The number of H-pyrrole nitrogens is 1. The monoisotopic (exact) mass is 369 g/mol. The van der Waals surface area contributed by atoms with Crippen molar-refractivity contribution in [1.29, 1.82) is 0 Å². The van der Waals surface area contributed by atoms with Gasteiger partial charge in [0.15, 0.2) is 5.82 Å². The zero-order chi connectivity index (χ0) is 19.2. The minimum Gasteiger partial charge on any atom is -0.369 e. The number of carbonyl (C=O) groups is 1. The first-order chi connectivity index (χ1) is 13.1. The quantitative estimate of drug-likeness (QED) is 0.627. The normalized spacial score (nSPS) is 11.0. The van der Waals surface area contributed by atoms with Gasteiger partial charge >= 0.3 is 0 Å². The highest BCUT2D eigenvalue weighted by Crippen LogP contribution is 2.20. The Bertz CT molecular complexity index is 856. The summed E-state index contributed by atoms with van der Waals surface area (Å²) in [6.07, 6.45) is 1.96. The average molecular weight is 369 g/mol. The number of benzene rings is 1. The summed E-state index contributed by atoms with van der Waals surface area (Å²) in [5.74, 6) is 1.02. The SMILES string of the molecule is CCN(c1ccc(NC(=O)CCc2nc(-c3ncn[nH]3)no2)cc1)C(C)C. The van der Waals surface area contributed by atoms with E-state index in [0.29, 0.717) is 30.0 Å². The summed E-state index contributed by atoms with van der Waals surface area (Å²) in [7, 11) is 0. The standard InChI is InChI=1S/C18H23N7O2/c1-4-25(12(2)3)14-7-5-13(6-8-14)21-15(26)9-10-16-22-18(24-27-16)17-19-11-20-23-17/h5-8,11-12H,4,9-10H2,1-3H3,(H,21,26)(H,19,20,23). The highest BCUT2D eigenvalue weighted by Gasteiger charge is 2.13. The maximum absolute atomic E-state index is 12.2. The third kappa shape index (κ3) is 4.69. The van der Waals surface area contributed by atoms with Crippen LogP contribution in [0.25, 0.3) is 11.6 Å². The third-order valence-corrected chi connectivity index (χ3v) is 4.11. The van der Waals surface area contributed by atoms with Crippen molar-refractivity contribution in [2.75, 3.05) is 16.8 Å². The smallest absolute Gasteiger partial charge is 0.239 e. The fourth-order valence-corrected chi connectivity index (χ4v) is 2.79. The van der Waals surface area contributed by atoms with Gasteiger partial charge in [0, 0.05) is 36.8 Å². The number of aromatic amines is 1. The number of hydrogen-bond acceptors (Lipinski definition) is 7. The molecule has 0 bridgehead atoms. The fraction of sp³-hybridized carbons (Fsp3) is 0.389. The van der Waals surface area contributed by atoms with E-state index in [2.05, 4.69) is 56.3 Å². The molecule has 2 N–H and O–H groups in total. The molecule has 9 heteroatoms. The van der Waals surface area contributed by atoms with Crippen LogP contribution in [0.3, 0.4) is 0 Å². The number of rotatable bonds is 8. The van der Waals surface area contributed by atoms with E-state index < -0.39 is 0 Å². The van der Waals surface area contributed by atoms with E-state index in [1.807, 2.05) is 24.3 Å². The molecule has 0 fully saturated rings. The van der Waals surface area contributed by atoms with Gasteiger partial charge in [0.05, 0.1) is 0 Å². The van der Waals surface area contributed by atoms with Crippen LogP contribution in [-0.2, 0) is 11.2 Å². The van der Waals surface area contributed by atoms with Gasteiger partial charge in [0.25, 0.3) is 0 Å². The van der Waals surface area contributed by atoms with E-state index in [1.165, 1.54) is 6.33 Å². The molecular formula is C18H23N7O2. The van der Waals surface area contributed by atoms with Gasteiger partial charge < -0.3 is 14.7 Å². The maximum Gasteiger partial charge on any atom is 0.239 e. The second kappa shape index (κ2) is 8.43. The molecule has 3 aromatic rings. The zero-order valence-electron chi connectivity index (χ0n) is 15.6. The Hall–Kier alpha value is -3.23. The van der Waals surface area contributed by atoms with Gasteiger partial charge in [-0.1, -0.05) is 5.16 Å². The Balaban J connectivity index is 1.52. The van der Waals surface area contributed by atoms with Gasteiger partial charge in [0.1, 0.15) is 6.33 Å². The van der Waals surface area contributed by atoms with Crippen molar-refractivity contribution in [2.24, 2.45) is 0 Å². The largest absolute Gasteiger partial charge is 0.369 e. The molecule has 0 saturated heterocycles. The Morgan fingerprint density at radius 2 is 2.07 bits per heavy atom. The summed E-state index contributed by atoms with van der Waals surface area (Å²) in [4.78, 5) is 22.6. The Morgan fingerprint density at radius 3 is 2.70 bits per heavy atom. The van der Waals surface area contributed by atoms with Crippen LogP contribution in [-0.4, -0.2) is 43.8 Å². The van der Waals surface area contributed by atoms with Crippen LogP contribution in [0.15, 0.2) is 35.1 Å². The van der Waals surface area contributed by atoms with Crippen LogP contribution in [0.1, 0.15) is 33.1 Å². The molecule has 0 aliphatic heterocycles. The number of aryl methyl sites for hydroxylation is 1. The molecule has 2 heterocycles.